The first-order valence-corrected chi connectivity index (χ1v) is 3.50. The number of hydrogen-bond donors (Lipinski definition) is 2. The van der Waals surface area contributed by atoms with Gasteiger partial charge in [0.1, 0.15) is 0 Å². The first-order chi connectivity index (χ1) is 4.74. The molecule has 1 atom stereocenters. The predicted molar refractivity (Wildman–Crippen MR) is 41.2 cm³/mol. The van der Waals surface area contributed by atoms with Gasteiger partial charge in [-0.15, -0.1) is 0 Å². The molecule has 0 radical (unpaired) electrons. The zero-order valence-corrected chi connectivity index (χ0v) is 6.17. The minimum Gasteiger partial charge on any atom is -0.399 e. The number of aliphatic hydroxyl groups is 1. The maximum absolute atomic E-state index is 8.81. The molecule has 0 fully saturated rings. The van der Waals surface area contributed by atoms with Crippen molar-refractivity contribution in [3.05, 3.63) is 23.4 Å². The molecule has 0 saturated carbocycles. The van der Waals surface area contributed by atoms with Gasteiger partial charge in [-0.3, -0.25) is 0 Å². The van der Waals surface area contributed by atoms with Gasteiger partial charge in [-0.1, -0.05) is 13.0 Å². The van der Waals surface area contributed by atoms with Crippen molar-refractivity contribution in [2.24, 2.45) is 11.7 Å². The number of rotatable bonds is 1. The first-order valence-electron chi connectivity index (χ1n) is 3.50. The Hall–Kier alpha value is -0.760. The molecule has 0 heterocycles. The summed E-state index contributed by atoms with van der Waals surface area (Å²) in [5.41, 5.74) is 7.29. The lowest BCUT2D eigenvalue weighted by atomic mass is 9.95. The van der Waals surface area contributed by atoms with Crippen LogP contribution < -0.4 is 5.73 Å². The molecule has 0 aromatic carbocycles. The number of aliphatic hydroxyl groups excluding tert-OH is 1. The van der Waals surface area contributed by atoms with Crippen LogP contribution in [0.5, 0.6) is 0 Å². The minimum atomic E-state index is 0.0977. The summed E-state index contributed by atoms with van der Waals surface area (Å²) in [5, 5.41) is 8.81. The summed E-state index contributed by atoms with van der Waals surface area (Å²) in [6, 6.07) is 0. The fraction of sp³-hybridized carbons (Fsp3) is 0.500. The van der Waals surface area contributed by atoms with E-state index in [0.29, 0.717) is 5.92 Å². The van der Waals surface area contributed by atoms with Crippen LogP contribution in [0.1, 0.15) is 13.3 Å². The summed E-state index contributed by atoms with van der Waals surface area (Å²) in [6.07, 6.45) is 4.84. The van der Waals surface area contributed by atoms with Gasteiger partial charge in [-0.2, -0.15) is 0 Å². The lowest BCUT2D eigenvalue weighted by Crippen LogP contribution is -2.10. The molecule has 0 aromatic rings. The fourth-order valence-corrected chi connectivity index (χ4v) is 1.12. The van der Waals surface area contributed by atoms with Crippen LogP contribution in [0.15, 0.2) is 23.4 Å². The van der Waals surface area contributed by atoms with Crippen LogP contribution in [0, 0.1) is 5.92 Å². The normalized spacial score (nSPS) is 25.6. The molecule has 1 aliphatic carbocycles. The zero-order chi connectivity index (χ0) is 7.56. The summed E-state index contributed by atoms with van der Waals surface area (Å²) in [7, 11) is 0. The van der Waals surface area contributed by atoms with E-state index in [1.54, 1.807) is 0 Å². The van der Waals surface area contributed by atoms with E-state index in [4.69, 9.17) is 10.8 Å². The smallest absolute Gasteiger partial charge is 0.0664 e. The van der Waals surface area contributed by atoms with Crippen molar-refractivity contribution >= 4 is 0 Å². The number of allylic oxidation sites excluding steroid dienone is 2. The largest absolute Gasteiger partial charge is 0.399 e. The van der Waals surface area contributed by atoms with E-state index >= 15 is 0 Å². The summed E-state index contributed by atoms with van der Waals surface area (Å²) in [5.74, 6) is 0.523. The summed E-state index contributed by atoms with van der Waals surface area (Å²) >= 11 is 0. The first kappa shape index (κ1) is 7.35. The molecule has 2 heteroatoms. The highest BCUT2D eigenvalue weighted by Crippen LogP contribution is 2.19. The van der Waals surface area contributed by atoms with Crippen LogP contribution in [-0.2, 0) is 0 Å². The van der Waals surface area contributed by atoms with Crippen molar-refractivity contribution in [1.82, 2.24) is 0 Å². The van der Waals surface area contributed by atoms with Crippen LogP contribution in [0.25, 0.3) is 0 Å². The van der Waals surface area contributed by atoms with Gasteiger partial charge < -0.3 is 10.8 Å². The topological polar surface area (TPSA) is 46.2 Å². The van der Waals surface area contributed by atoms with Crippen molar-refractivity contribution < 1.29 is 5.11 Å². The Bertz CT molecular complexity index is 182. The Morgan fingerprint density at radius 1 is 1.80 bits per heavy atom. The van der Waals surface area contributed by atoms with E-state index in [0.717, 1.165) is 17.7 Å². The van der Waals surface area contributed by atoms with Crippen LogP contribution in [0.3, 0.4) is 0 Å². The van der Waals surface area contributed by atoms with Gasteiger partial charge in [0.2, 0.25) is 0 Å². The van der Waals surface area contributed by atoms with Gasteiger partial charge in [-0.05, 0) is 24.0 Å². The van der Waals surface area contributed by atoms with Gasteiger partial charge in [-0.25, -0.2) is 0 Å². The molecule has 56 valence electrons. The Morgan fingerprint density at radius 2 is 2.50 bits per heavy atom. The molecule has 3 N–H and O–H groups in total. The minimum absolute atomic E-state index is 0.0977. The van der Waals surface area contributed by atoms with Gasteiger partial charge in [0.25, 0.3) is 0 Å². The molecule has 0 amide bonds. The molecular weight excluding hydrogens is 126 g/mol. The molecular formula is C8H13NO. The molecule has 1 unspecified atom stereocenters. The quantitative estimate of drug-likeness (QED) is 0.564. The maximum atomic E-state index is 8.81. The molecule has 1 rings (SSSR count). The van der Waals surface area contributed by atoms with E-state index in [1.165, 1.54) is 0 Å². The molecule has 1 aliphatic rings. The number of hydrogen-bond acceptors (Lipinski definition) is 2. The Kier molecular flexibility index (Phi) is 2.12. The van der Waals surface area contributed by atoms with Crippen molar-refractivity contribution in [2.45, 2.75) is 13.3 Å². The highest BCUT2D eigenvalue weighted by Gasteiger charge is 2.09. The Morgan fingerprint density at radius 3 is 3.00 bits per heavy atom. The van der Waals surface area contributed by atoms with E-state index in [-0.39, 0.29) is 6.61 Å². The average molecular weight is 139 g/mol. The Labute approximate surface area is 61.0 Å². The van der Waals surface area contributed by atoms with Crippen LogP contribution >= 0.6 is 0 Å². The van der Waals surface area contributed by atoms with E-state index < -0.39 is 0 Å². The molecule has 0 bridgehead atoms. The maximum Gasteiger partial charge on any atom is 0.0664 e. The molecule has 10 heavy (non-hydrogen) atoms. The highest BCUT2D eigenvalue weighted by atomic mass is 16.3. The second kappa shape index (κ2) is 2.88. The van der Waals surface area contributed by atoms with Crippen LogP contribution in [-0.4, -0.2) is 11.7 Å². The second-order valence-electron chi connectivity index (χ2n) is 2.76. The third-order valence-corrected chi connectivity index (χ3v) is 1.77. The van der Waals surface area contributed by atoms with E-state index in [1.807, 2.05) is 6.08 Å². The van der Waals surface area contributed by atoms with Crippen molar-refractivity contribution in [1.29, 1.82) is 0 Å². The van der Waals surface area contributed by atoms with Crippen LogP contribution in [0.2, 0.25) is 0 Å². The SMILES string of the molecule is CC1C=CC(N)=C(CO)C1. The third kappa shape index (κ3) is 1.39. The van der Waals surface area contributed by atoms with E-state index in [2.05, 4.69) is 13.0 Å². The van der Waals surface area contributed by atoms with Gasteiger partial charge in [0, 0.05) is 5.70 Å². The van der Waals surface area contributed by atoms with Crippen LogP contribution in [0.4, 0.5) is 0 Å². The Balaban J connectivity index is 2.74. The number of nitrogens with two attached hydrogens (primary N) is 1. The third-order valence-electron chi connectivity index (χ3n) is 1.77. The molecule has 0 aromatic heterocycles. The molecule has 0 aliphatic heterocycles. The van der Waals surface area contributed by atoms with Gasteiger partial charge in [0.05, 0.1) is 6.61 Å². The van der Waals surface area contributed by atoms with Crippen molar-refractivity contribution in [3.8, 4) is 0 Å². The molecule has 0 spiro atoms. The summed E-state index contributed by atoms with van der Waals surface area (Å²) in [6.45, 7) is 2.21. The molecule has 2 nitrogen and oxygen atoms in total. The van der Waals surface area contributed by atoms with Crippen molar-refractivity contribution in [2.75, 3.05) is 6.61 Å². The van der Waals surface area contributed by atoms with Crippen molar-refractivity contribution in [3.63, 3.8) is 0 Å². The van der Waals surface area contributed by atoms with Gasteiger partial charge in [0.15, 0.2) is 0 Å². The predicted octanol–water partition coefficient (Wildman–Crippen LogP) is 0.788. The highest BCUT2D eigenvalue weighted by molar-refractivity contribution is 5.27. The lowest BCUT2D eigenvalue weighted by Gasteiger charge is -2.15. The summed E-state index contributed by atoms with van der Waals surface area (Å²) < 4.78 is 0. The van der Waals surface area contributed by atoms with E-state index in [9.17, 15) is 0 Å². The average Bonchev–Trinajstić information content (AvgIpc) is 1.94. The zero-order valence-electron chi connectivity index (χ0n) is 6.17. The van der Waals surface area contributed by atoms with Gasteiger partial charge >= 0.3 is 0 Å². The standard InChI is InChI=1S/C8H13NO/c1-6-2-3-8(9)7(4-6)5-10/h2-3,6,10H,4-5,9H2,1H3. The lowest BCUT2D eigenvalue weighted by molar-refractivity contribution is 0.321. The fourth-order valence-electron chi connectivity index (χ4n) is 1.12. The summed E-state index contributed by atoms with van der Waals surface area (Å²) in [4.78, 5) is 0. The second-order valence-corrected chi connectivity index (χ2v) is 2.76. The monoisotopic (exact) mass is 139 g/mol. The molecule has 0 saturated heterocycles.